The van der Waals surface area contributed by atoms with Crippen molar-refractivity contribution >= 4 is 0 Å². The quantitative estimate of drug-likeness (QED) is 0.896. The van der Waals surface area contributed by atoms with Crippen molar-refractivity contribution in [3.8, 4) is 5.75 Å². The molecule has 0 aliphatic heterocycles. The molecule has 0 heterocycles. The fourth-order valence-electron chi connectivity index (χ4n) is 5.44. The van der Waals surface area contributed by atoms with Crippen molar-refractivity contribution in [2.24, 2.45) is 23.7 Å². The molecule has 1 aromatic carbocycles. The lowest BCUT2D eigenvalue weighted by Gasteiger charge is -2.40. The lowest BCUT2D eigenvalue weighted by atomic mass is 9.70. The van der Waals surface area contributed by atoms with E-state index in [1.54, 1.807) is 13.2 Å². The van der Waals surface area contributed by atoms with Gasteiger partial charge in [-0.2, -0.15) is 0 Å². The molecule has 3 saturated carbocycles. The molecule has 0 spiro atoms. The molecule has 4 rings (SSSR count). The maximum Gasteiger partial charge on any atom is 0.125 e. The zero-order valence-electron chi connectivity index (χ0n) is 11.8. The van der Waals surface area contributed by atoms with Crippen LogP contribution < -0.4 is 4.74 Å². The summed E-state index contributed by atoms with van der Waals surface area (Å²) in [6.45, 7) is 0. The van der Waals surface area contributed by atoms with Gasteiger partial charge in [0.2, 0.25) is 0 Å². The average molecular weight is 276 g/mol. The third kappa shape index (κ3) is 1.53. The minimum absolute atomic E-state index is 0.288. The fraction of sp³-hybridized carbons (Fsp3) is 0.647. The van der Waals surface area contributed by atoms with Gasteiger partial charge >= 0.3 is 0 Å². The first kappa shape index (κ1) is 12.6. The van der Waals surface area contributed by atoms with Crippen LogP contribution in [0.15, 0.2) is 18.2 Å². The van der Waals surface area contributed by atoms with Crippen LogP contribution in [0.3, 0.4) is 0 Å². The maximum absolute atomic E-state index is 13.7. The molecule has 0 radical (unpaired) electrons. The second-order valence-corrected chi connectivity index (χ2v) is 6.83. The van der Waals surface area contributed by atoms with Crippen LogP contribution in [0.25, 0.3) is 0 Å². The lowest BCUT2D eigenvalue weighted by molar-refractivity contribution is -0.0528. The van der Waals surface area contributed by atoms with E-state index in [0.717, 1.165) is 18.8 Å². The molecule has 3 aliphatic rings. The average Bonchev–Trinajstić information content (AvgIpc) is 3.09. The van der Waals surface area contributed by atoms with E-state index in [-0.39, 0.29) is 11.7 Å². The number of halogens is 1. The number of rotatable bonds is 2. The minimum atomic E-state index is -0.885. The van der Waals surface area contributed by atoms with Gasteiger partial charge in [-0.1, -0.05) is 6.42 Å². The Bertz CT molecular complexity index is 544. The van der Waals surface area contributed by atoms with Gasteiger partial charge in [0.25, 0.3) is 0 Å². The molecule has 1 N–H and O–H groups in total. The van der Waals surface area contributed by atoms with Crippen LogP contribution in [0.4, 0.5) is 4.39 Å². The van der Waals surface area contributed by atoms with Gasteiger partial charge in [-0.05, 0) is 67.6 Å². The van der Waals surface area contributed by atoms with Gasteiger partial charge < -0.3 is 9.84 Å². The number of hydrogen-bond acceptors (Lipinski definition) is 2. The molecular formula is C17H21FO2. The predicted octanol–water partition coefficient (Wildman–Crippen LogP) is 3.48. The molecule has 0 saturated heterocycles. The standard InChI is InChI=1S/C17H21FO2/c1-20-16-6-5-11(18)8-15(16)17(19)9-10-7-14(17)13-4-2-3-12(10)13/h5-6,8,10,12-14,19H,2-4,7,9H2,1H3. The monoisotopic (exact) mass is 276 g/mol. The summed E-state index contributed by atoms with van der Waals surface area (Å²) in [5.41, 5.74) is -0.221. The summed E-state index contributed by atoms with van der Waals surface area (Å²) in [6.07, 6.45) is 5.72. The minimum Gasteiger partial charge on any atom is -0.496 e. The van der Waals surface area contributed by atoms with Gasteiger partial charge in [-0.15, -0.1) is 0 Å². The topological polar surface area (TPSA) is 29.5 Å². The Balaban J connectivity index is 1.77. The van der Waals surface area contributed by atoms with Gasteiger partial charge in [-0.25, -0.2) is 4.39 Å². The number of benzene rings is 1. The smallest absolute Gasteiger partial charge is 0.125 e. The highest BCUT2D eigenvalue weighted by molar-refractivity contribution is 5.41. The van der Waals surface area contributed by atoms with E-state index in [9.17, 15) is 9.50 Å². The Labute approximate surface area is 119 Å². The van der Waals surface area contributed by atoms with Crippen LogP contribution in [-0.4, -0.2) is 12.2 Å². The first-order chi connectivity index (χ1) is 9.63. The van der Waals surface area contributed by atoms with E-state index >= 15 is 0 Å². The van der Waals surface area contributed by atoms with Crippen molar-refractivity contribution in [1.29, 1.82) is 0 Å². The van der Waals surface area contributed by atoms with Gasteiger partial charge in [0.1, 0.15) is 11.6 Å². The third-order valence-corrected chi connectivity index (χ3v) is 6.12. The van der Waals surface area contributed by atoms with Gasteiger partial charge in [0.05, 0.1) is 12.7 Å². The lowest BCUT2D eigenvalue weighted by Crippen LogP contribution is -2.39. The molecule has 3 aliphatic carbocycles. The largest absolute Gasteiger partial charge is 0.496 e. The number of hydrogen-bond donors (Lipinski definition) is 1. The predicted molar refractivity (Wildman–Crippen MR) is 73.9 cm³/mol. The zero-order valence-corrected chi connectivity index (χ0v) is 11.8. The number of ether oxygens (including phenoxy) is 1. The molecule has 20 heavy (non-hydrogen) atoms. The zero-order chi connectivity index (χ0) is 13.9. The summed E-state index contributed by atoms with van der Waals surface area (Å²) >= 11 is 0. The van der Waals surface area contributed by atoms with Gasteiger partial charge in [0.15, 0.2) is 0 Å². The Morgan fingerprint density at radius 3 is 2.90 bits per heavy atom. The van der Waals surface area contributed by atoms with Crippen LogP contribution in [-0.2, 0) is 5.60 Å². The molecule has 5 unspecified atom stereocenters. The molecule has 3 fully saturated rings. The molecule has 1 aromatic rings. The van der Waals surface area contributed by atoms with Gasteiger partial charge in [-0.3, -0.25) is 0 Å². The highest BCUT2D eigenvalue weighted by atomic mass is 19.1. The van der Waals surface area contributed by atoms with Gasteiger partial charge in [0, 0.05) is 5.56 Å². The van der Waals surface area contributed by atoms with E-state index in [1.807, 2.05) is 0 Å². The summed E-state index contributed by atoms with van der Waals surface area (Å²) in [4.78, 5) is 0. The second kappa shape index (κ2) is 4.20. The molecular weight excluding hydrogens is 255 g/mol. The van der Waals surface area contributed by atoms with Crippen molar-refractivity contribution in [1.82, 2.24) is 0 Å². The van der Waals surface area contributed by atoms with Crippen LogP contribution in [0, 0.1) is 29.5 Å². The molecule has 2 nitrogen and oxygen atoms in total. The molecule has 3 heteroatoms. The van der Waals surface area contributed by atoms with Crippen LogP contribution in [0.1, 0.15) is 37.7 Å². The van der Waals surface area contributed by atoms with E-state index < -0.39 is 5.60 Å². The van der Waals surface area contributed by atoms with E-state index in [2.05, 4.69) is 0 Å². The molecule has 0 amide bonds. The Hall–Kier alpha value is -1.09. The summed E-state index contributed by atoms with van der Waals surface area (Å²) in [7, 11) is 1.59. The van der Waals surface area contributed by atoms with Crippen molar-refractivity contribution in [3.63, 3.8) is 0 Å². The molecule has 0 aromatic heterocycles. The van der Waals surface area contributed by atoms with Crippen molar-refractivity contribution < 1.29 is 14.2 Å². The number of methoxy groups -OCH3 is 1. The first-order valence-corrected chi connectivity index (χ1v) is 7.70. The summed E-state index contributed by atoms with van der Waals surface area (Å²) in [5, 5.41) is 11.3. The van der Waals surface area contributed by atoms with E-state index in [1.165, 1.54) is 31.4 Å². The summed E-state index contributed by atoms with van der Waals surface area (Å²) < 4.78 is 19.0. The molecule has 108 valence electrons. The Kier molecular flexibility index (Phi) is 2.65. The van der Waals surface area contributed by atoms with Crippen LogP contribution in [0.2, 0.25) is 0 Å². The number of fused-ring (bicyclic) bond motifs is 5. The normalized spacial score (nSPS) is 42.0. The van der Waals surface area contributed by atoms with E-state index in [0.29, 0.717) is 23.1 Å². The fourth-order valence-corrected chi connectivity index (χ4v) is 5.44. The Morgan fingerprint density at radius 2 is 2.10 bits per heavy atom. The first-order valence-electron chi connectivity index (χ1n) is 7.70. The van der Waals surface area contributed by atoms with Crippen molar-refractivity contribution in [2.45, 2.75) is 37.7 Å². The van der Waals surface area contributed by atoms with Crippen LogP contribution >= 0.6 is 0 Å². The highest BCUT2D eigenvalue weighted by Crippen LogP contribution is 2.65. The Morgan fingerprint density at radius 1 is 1.30 bits per heavy atom. The third-order valence-electron chi connectivity index (χ3n) is 6.12. The molecule has 2 bridgehead atoms. The maximum atomic E-state index is 13.7. The van der Waals surface area contributed by atoms with Crippen LogP contribution in [0.5, 0.6) is 5.75 Å². The number of aliphatic hydroxyl groups is 1. The second-order valence-electron chi connectivity index (χ2n) is 6.83. The van der Waals surface area contributed by atoms with E-state index in [4.69, 9.17) is 4.74 Å². The summed E-state index contributed by atoms with van der Waals surface area (Å²) in [5.74, 6) is 2.67. The summed E-state index contributed by atoms with van der Waals surface area (Å²) in [6, 6.07) is 4.52. The van der Waals surface area contributed by atoms with Crippen molar-refractivity contribution in [3.05, 3.63) is 29.6 Å². The van der Waals surface area contributed by atoms with Crippen molar-refractivity contribution in [2.75, 3.05) is 7.11 Å². The highest BCUT2D eigenvalue weighted by Gasteiger charge is 2.61. The molecule has 5 atom stereocenters. The SMILES string of the molecule is COc1ccc(F)cc1C1(O)CC2CC1C1CCCC21.